The molecule has 1 N–H and O–H groups in total. The van der Waals surface area contributed by atoms with Crippen LogP contribution in [-0.2, 0) is 19.7 Å². The van der Waals surface area contributed by atoms with Crippen molar-refractivity contribution >= 4 is 34.9 Å². The second-order valence-corrected chi connectivity index (χ2v) is 9.93. The highest BCUT2D eigenvalue weighted by molar-refractivity contribution is 6.49. The number of benzene rings is 1. The van der Waals surface area contributed by atoms with E-state index in [0.717, 1.165) is 30.5 Å². The molecule has 1 saturated carbocycles. The van der Waals surface area contributed by atoms with Crippen LogP contribution in [0.15, 0.2) is 29.3 Å². The van der Waals surface area contributed by atoms with Crippen molar-refractivity contribution in [3.63, 3.8) is 0 Å². The lowest BCUT2D eigenvalue weighted by molar-refractivity contribution is -0.148. The van der Waals surface area contributed by atoms with E-state index in [2.05, 4.69) is 6.92 Å². The van der Waals surface area contributed by atoms with Crippen molar-refractivity contribution in [2.45, 2.75) is 67.9 Å². The maximum absolute atomic E-state index is 13.2. The summed E-state index contributed by atoms with van der Waals surface area (Å²) >= 11 is 7.19. The summed E-state index contributed by atoms with van der Waals surface area (Å²) in [5.74, 6) is -0.533. The first-order valence-corrected chi connectivity index (χ1v) is 11.1. The number of carbonyl (C=O) groups is 2. The molecule has 4 aliphatic rings. The summed E-state index contributed by atoms with van der Waals surface area (Å²) in [6.45, 7) is 2.77. The number of hydrogen-bond acceptors (Lipinski definition) is 5. The lowest BCUT2D eigenvalue weighted by atomic mass is 9.48. The van der Waals surface area contributed by atoms with Gasteiger partial charge < -0.3 is 14.7 Å². The van der Waals surface area contributed by atoms with Gasteiger partial charge in [0.15, 0.2) is 4.87 Å². The highest BCUT2D eigenvalue weighted by atomic mass is 35.5. The van der Waals surface area contributed by atoms with E-state index in [9.17, 15) is 14.7 Å². The maximum atomic E-state index is 13.2. The van der Waals surface area contributed by atoms with E-state index in [1.807, 2.05) is 29.2 Å². The molecule has 3 heterocycles. The monoisotopic (exact) mass is 430 g/mol. The maximum Gasteiger partial charge on any atom is 0.332 e. The third kappa shape index (κ3) is 2.32. The molecule has 0 unspecified atom stereocenters. The van der Waals surface area contributed by atoms with Gasteiger partial charge in [-0.3, -0.25) is 9.79 Å². The molecule has 30 heavy (non-hydrogen) atoms. The predicted molar refractivity (Wildman–Crippen MR) is 113 cm³/mol. The minimum Gasteiger partial charge on any atom is -0.467 e. The Kier molecular flexibility index (Phi) is 4.36. The number of aliphatic imine (C=N–C) groups is 1. The highest BCUT2D eigenvalue weighted by Gasteiger charge is 2.72. The van der Waals surface area contributed by atoms with Gasteiger partial charge in [-0.25, -0.2) is 4.79 Å². The van der Waals surface area contributed by atoms with Gasteiger partial charge in [-0.05, 0) is 49.1 Å². The Balaban J connectivity index is 1.86. The van der Waals surface area contributed by atoms with Gasteiger partial charge in [0, 0.05) is 6.54 Å². The summed E-state index contributed by atoms with van der Waals surface area (Å²) in [5, 5.41) is 10.9. The quantitative estimate of drug-likeness (QED) is 0.577. The van der Waals surface area contributed by atoms with E-state index in [-0.39, 0.29) is 23.8 Å². The van der Waals surface area contributed by atoms with E-state index in [0.29, 0.717) is 25.1 Å². The molecular formula is C23H27ClN2O4. The number of carbonyl (C=O) groups excluding carboxylic acids is 2. The van der Waals surface area contributed by atoms with Crippen molar-refractivity contribution in [1.29, 1.82) is 0 Å². The fraction of sp³-hybridized carbons (Fsp3) is 0.609. The molecule has 7 heteroatoms. The standard InChI is InChI=1S/C23H27ClN2O4/c1-3-21-9-6-10-26-17(28)11-14(27)12-22(19(21)26)15-7-4-5-8-16(15)25-18(22)23(24,13-21)20(29)30-2/h4-5,7-8,14,19,27H,3,6,9-13H2,1-2H3/t14-,19+,21+,22+,23-/m1/s1. The number of rotatable bonds is 2. The first-order chi connectivity index (χ1) is 14.3. The fourth-order valence-corrected chi connectivity index (χ4v) is 7.49. The first-order valence-electron chi connectivity index (χ1n) is 10.8. The Hall–Kier alpha value is -1.92. The third-order valence-electron chi connectivity index (χ3n) is 7.94. The van der Waals surface area contributed by atoms with Gasteiger partial charge in [0.2, 0.25) is 5.91 Å². The topological polar surface area (TPSA) is 79.2 Å². The molecule has 1 amide bonds. The molecule has 0 bridgehead atoms. The van der Waals surface area contributed by atoms with Crippen LogP contribution in [0, 0.1) is 5.41 Å². The SMILES string of the molecule is CC[C@]12CCCN3C(=O)C[C@@H](O)C[C@]4(C(=Nc5ccccc54)[C@@](Cl)(C(=O)OC)C1)[C@@H]32. The van der Waals surface area contributed by atoms with Crippen molar-refractivity contribution in [3.05, 3.63) is 29.8 Å². The Labute approximate surface area is 181 Å². The molecule has 0 radical (unpaired) electrons. The summed E-state index contributed by atoms with van der Waals surface area (Å²) in [4.78, 5) is 31.8. The zero-order valence-corrected chi connectivity index (χ0v) is 18.1. The van der Waals surface area contributed by atoms with Crippen LogP contribution >= 0.6 is 11.6 Å². The van der Waals surface area contributed by atoms with Crippen molar-refractivity contribution in [1.82, 2.24) is 4.90 Å². The number of halogens is 1. The molecule has 160 valence electrons. The van der Waals surface area contributed by atoms with E-state index in [4.69, 9.17) is 21.3 Å². The van der Waals surface area contributed by atoms with Gasteiger partial charge in [-0.2, -0.15) is 0 Å². The van der Waals surface area contributed by atoms with Crippen LogP contribution in [0.3, 0.4) is 0 Å². The number of nitrogens with zero attached hydrogens (tertiary/aromatic N) is 2. The summed E-state index contributed by atoms with van der Waals surface area (Å²) in [6, 6.07) is 7.61. The molecule has 5 rings (SSSR count). The Morgan fingerprint density at radius 3 is 2.90 bits per heavy atom. The summed E-state index contributed by atoms with van der Waals surface area (Å²) in [7, 11) is 1.35. The van der Waals surface area contributed by atoms with Crippen molar-refractivity contribution < 1.29 is 19.4 Å². The van der Waals surface area contributed by atoms with Crippen LogP contribution in [0.5, 0.6) is 0 Å². The number of aliphatic hydroxyl groups excluding tert-OH is 1. The molecule has 5 atom stereocenters. The van der Waals surface area contributed by atoms with Crippen LogP contribution in [0.1, 0.15) is 51.0 Å². The molecule has 2 saturated heterocycles. The van der Waals surface area contributed by atoms with Gasteiger partial charge in [-0.15, -0.1) is 0 Å². The largest absolute Gasteiger partial charge is 0.467 e. The van der Waals surface area contributed by atoms with Crippen molar-refractivity contribution in [2.24, 2.45) is 10.4 Å². The minimum atomic E-state index is -1.42. The second kappa shape index (κ2) is 6.54. The average molecular weight is 431 g/mol. The molecular weight excluding hydrogens is 404 g/mol. The zero-order chi connectivity index (χ0) is 21.3. The molecule has 3 fully saturated rings. The number of methoxy groups -OCH3 is 1. The second-order valence-electron chi connectivity index (χ2n) is 9.29. The number of esters is 1. The van der Waals surface area contributed by atoms with E-state index in [1.165, 1.54) is 7.11 Å². The van der Waals surface area contributed by atoms with Gasteiger partial charge in [0.25, 0.3) is 0 Å². The first kappa shape index (κ1) is 20.0. The van der Waals surface area contributed by atoms with Crippen LogP contribution in [0.25, 0.3) is 0 Å². The Morgan fingerprint density at radius 2 is 2.17 bits per heavy atom. The number of aliphatic hydroxyl groups is 1. The van der Waals surface area contributed by atoms with E-state index >= 15 is 0 Å². The van der Waals surface area contributed by atoms with Gasteiger partial charge in [0.05, 0.1) is 42.5 Å². The summed E-state index contributed by atoms with van der Waals surface area (Å²) in [6.07, 6.45) is 2.46. The molecule has 1 aromatic carbocycles. The third-order valence-corrected chi connectivity index (χ3v) is 8.41. The molecule has 1 spiro atoms. The van der Waals surface area contributed by atoms with Crippen LogP contribution in [-0.4, -0.2) is 58.3 Å². The van der Waals surface area contributed by atoms with Crippen molar-refractivity contribution in [3.8, 4) is 0 Å². The van der Waals surface area contributed by atoms with Gasteiger partial charge in [0.1, 0.15) is 0 Å². The van der Waals surface area contributed by atoms with Crippen LogP contribution < -0.4 is 0 Å². The molecule has 1 aliphatic carbocycles. The van der Waals surface area contributed by atoms with Crippen molar-refractivity contribution in [2.75, 3.05) is 13.7 Å². The van der Waals surface area contributed by atoms with Crippen LogP contribution in [0.2, 0.25) is 0 Å². The number of amides is 1. The molecule has 6 nitrogen and oxygen atoms in total. The molecule has 0 aromatic heterocycles. The number of para-hydroxylation sites is 1. The smallest absolute Gasteiger partial charge is 0.332 e. The predicted octanol–water partition coefficient (Wildman–Crippen LogP) is 3.11. The molecule has 3 aliphatic heterocycles. The normalized spacial score (nSPS) is 39.4. The Morgan fingerprint density at radius 1 is 1.40 bits per heavy atom. The number of fused-ring (bicyclic) bond motifs is 1. The number of alkyl halides is 1. The highest BCUT2D eigenvalue weighted by Crippen LogP contribution is 2.65. The van der Waals surface area contributed by atoms with E-state index in [1.54, 1.807) is 0 Å². The zero-order valence-electron chi connectivity index (χ0n) is 17.4. The number of ether oxygens (including phenoxy) is 1. The summed E-state index contributed by atoms with van der Waals surface area (Å²) in [5.41, 5.74) is 1.11. The Bertz CT molecular complexity index is 964. The fourth-order valence-electron chi connectivity index (χ4n) is 6.93. The van der Waals surface area contributed by atoms with Gasteiger partial charge in [-0.1, -0.05) is 36.7 Å². The lowest BCUT2D eigenvalue weighted by Gasteiger charge is -2.62. The minimum absolute atomic E-state index is 0.0224. The average Bonchev–Trinajstić information content (AvgIpc) is 3.02. The summed E-state index contributed by atoms with van der Waals surface area (Å²) < 4.78 is 5.19. The van der Waals surface area contributed by atoms with E-state index < -0.39 is 22.4 Å². The van der Waals surface area contributed by atoms with Crippen LogP contribution in [0.4, 0.5) is 5.69 Å². The number of hydrogen-bond donors (Lipinski definition) is 1. The lowest BCUT2D eigenvalue weighted by Crippen LogP contribution is -2.73. The van der Waals surface area contributed by atoms with Gasteiger partial charge >= 0.3 is 5.97 Å². The molecule has 1 aromatic rings. The number of piperidine rings is 1.